The van der Waals surface area contributed by atoms with Crippen LogP contribution < -0.4 is 10.9 Å². The Morgan fingerprint density at radius 1 is 0.800 bits per heavy atom. The van der Waals surface area contributed by atoms with Crippen LogP contribution in [0.5, 0.6) is 0 Å². The predicted molar refractivity (Wildman–Crippen MR) is 117 cm³/mol. The molecule has 2 aromatic heterocycles. The molecule has 0 aliphatic carbocycles. The van der Waals surface area contributed by atoms with Gasteiger partial charge in [0.25, 0.3) is 10.1 Å². The van der Waals surface area contributed by atoms with Gasteiger partial charge >= 0.3 is 0 Å². The van der Waals surface area contributed by atoms with Gasteiger partial charge in [-0.2, -0.15) is 8.42 Å². The third-order valence-electron chi connectivity index (χ3n) is 5.47. The van der Waals surface area contributed by atoms with E-state index in [2.05, 4.69) is 9.97 Å². The van der Waals surface area contributed by atoms with Crippen molar-refractivity contribution in [2.75, 3.05) is 0 Å². The minimum atomic E-state index is -4.85. The van der Waals surface area contributed by atoms with Gasteiger partial charge in [0.05, 0.1) is 21.9 Å². The summed E-state index contributed by atoms with van der Waals surface area (Å²) in [6.07, 6.45) is 0. The minimum Gasteiger partial charge on any atom is -0.354 e. The summed E-state index contributed by atoms with van der Waals surface area (Å²) in [6, 6.07) is 11.8. The molecule has 3 aromatic carbocycles. The number of rotatable bonds is 1. The molecular formula is C22H16N2O5S. The zero-order valence-corrected chi connectivity index (χ0v) is 16.8. The molecule has 5 rings (SSSR count). The smallest absolute Gasteiger partial charge is 0.297 e. The van der Waals surface area contributed by atoms with Crippen LogP contribution in [-0.4, -0.2) is 22.9 Å². The van der Waals surface area contributed by atoms with Crippen molar-refractivity contribution in [1.82, 2.24) is 9.97 Å². The summed E-state index contributed by atoms with van der Waals surface area (Å²) in [7, 11) is -4.85. The molecule has 0 unspecified atom stereocenters. The van der Waals surface area contributed by atoms with Crippen molar-refractivity contribution >= 4 is 53.7 Å². The number of aromatic amines is 2. The van der Waals surface area contributed by atoms with Gasteiger partial charge < -0.3 is 9.97 Å². The molecular weight excluding hydrogens is 404 g/mol. The quantitative estimate of drug-likeness (QED) is 0.283. The second-order valence-electron chi connectivity index (χ2n) is 7.48. The third kappa shape index (κ3) is 2.51. The highest BCUT2D eigenvalue weighted by molar-refractivity contribution is 7.86. The first-order valence-corrected chi connectivity index (χ1v) is 10.6. The van der Waals surface area contributed by atoms with E-state index in [4.69, 9.17) is 0 Å². The monoisotopic (exact) mass is 420 g/mol. The van der Waals surface area contributed by atoms with Gasteiger partial charge in [-0.25, -0.2) is 0 Å². The van der Waals surface area contributed by atoms with Crippen molar-refractivity contribution in [2.45, 2.75) is 18.7 Å². The van der Waals surface area contributed by atoms with Crippen LogP contribution in [0.25, 0.3) is 43.6 Å². The maximum absolute atomic E-state index is 13.3. The van der Waals surface area contributed by atoms with E-state index in [1.165, 1.54) is 6.07 Å². The van der Waals surface area contributed by atoms with E-state index in [1.807, 2.05) is 13.0 Å². The van der Waals surface area contributed by atoms with Crippen LogP contribution in [0.4, 0.5) is 0 Å². The average molecular weight is 420 g/mol. The van der Waals surface area contributed by atoms with E-state index >= 15 is 0 Å². The maximum Gasteiger partial charge on any atom is 0.297 e. The Morgan fingerprint density at radius 2 is 1.57 bits per heavy atom. The van der Waals surface area contributed by atoms with Gasteiger partial charge in [-0.3, -0.25) is 14.1 Å². The number of fused-ring (bicyclic) bond motifs is 4. The summed E-state index contributed by atoms with van der Waals surface area (Å²) in [6.45, 7) is 3.60. The molecule has 0 saturated heterocycles. The van der Waals surface area contributed by atoms with Gasteiger partial charge in [-0.1, -0.05) is 23.8 Å². The highest BCUT2D eigenvalue weighted by Crippen LogP contribution is 2.30. The first-order chi connectivity index (χ1) is 14.2. The van der Waals surface area contributed by atoms with Crippen LogP contribution >= 0.6 is 0 Å². The van der Waals surface area contributed by atoms with Crippen molar-refractivity contribution in [3.63, 3.8) is 0 Å². The fourth-order valence-corrected chi connectivity index (χ4v) is 4.95. The molecule has 3 N–H and O–H groups in total. The van der Waals surface area contributed by atoms with Crippen LogP contribution in [0.3, 0.4) is 0 Å². The maximum atomic E-state index is 13.3. The number of aryl methyl sites for hydroxylation is 2. The SMILES string of the molecule is Cc1ccc2[nH]c3cc4c(=O)c5cccc(C)c5[nH]c4c(S(=O)(=O)O)c3c(=O)c2c1. The molecule has 0 saturated carbocycles. The number of pyridine rings is 2. The lowest BCUT2D eigenvalue weighted by Gasteiger charge is -2.12. The molecule has 0 radical (unpaired) electrons. The van der Waals surface area contributed by atoms with Crippen molar-refractivity contribution in [3.8, 4) is 0 Å². The zero-order chi connectivity index (χ0) is 21.4. The fraction of sp³-hybridized carbons (Fsp3) is 0.0909. The van der Waals surface area contributed by atoms with Gasteiger partial charge in [-0.15, -0.1) is 0 Å². The Bertz CT molecular complexity index is 1780. The summed E-state index contributed by atoms with van der Waals surface area (Å²) in [4.78, 5) is 31.9. The Hall–Kier alpha value is -3.49. The fourth-order valence-electron chi connectivity index (χ4n) is 4.07. The van der Waals surface area contributed by atoms with Crippen LogP contribution in [0.2, 0.25) is 0 Å². The van der Waals surface area contributed by atoms with E-state index in [-0.39, 0.29) is 27.2 Å². The largest absolute Gasteiger partial charge is 0.354 e. The van der Waals surface area contributed by atoms with Gasteiger partial charge in [0.1, 0.15) is 4.90 Å². The zero-order valence-electron chi connectivity index (χ0n) is 16.0. The van der Waals surface area contributed by atoms with Crippen molar-refractivity contribution in [3.05, 3.63) is 74.0 Å². The first kappa shape index (κ1) is 18.5. The Kier molecular flexibility index (Phi) is 3.71. The third-order valence-corrected chi connectivity index (χ3v) is 6.39. The summed E-state index contributed by atoms with van der Waals surface area (Å²) < 4.78 is 34.9. The number of para-hydroxylation sites is 1. The molecule has 0 bridgehead atoms. The highest BCUT2D eigenvalue weighted by atomic mass is 32.2. The van der Waals surface area contributed by atoms with Crippen LogP contribution in [0.15, 0.2) is 56.9 Å². The number of nitrogens with one attached hydrogen (secondary N) is 2. The molecule has 2 heterocycles. The molecule has 0 atom stereocenters. The standard InChI is InChI=1S/C22H16N2O5S/c1-10-6-7-15-13(8-10)21(26)17-16(23-15)9-14-19(22(17)30(27,28)29)24-18-11(2)4-3-5-12(18)20(14)25/h3-9H,1-2H3,(H,23,26)(H,24,25)(H,27,28,29). The second kappa shape index (κ2) is 6.01. The van der Waals surface area contributed by atoms with Gasteiger partial charge in [0.15, 0.2) is 10.9 Å². The summed E-state index contributed by atoms with van der Waals surface area (Å²) in [5.41, 5.74) is 1.66. The van der Waals surface area contributed by atoms with Crippen molar-refractivity contribution < 1.29 is 13.0 Å². The van der Waals surface area contributed by atoms with E-state index in [9.17, 15) is 22.6 Å². The topological polar surface area (TPSA) is 120 Å². The van der Waals surface area contributed by atoms with E-state index in [0.717, 1.165) is 11.1 Å². The van der Waals surface area contributed by atoms with Crippen LogP contribution in [-0.2, 0) is 10.1 Å². The van der Waals surface area contributed by atoms with Crippen LogP contribution in [0, 0.1) is 13.8 Å². The highest BCUT2D eigenvalue weighted by Gasteiger charge is 2.25. The first-order valence-electron chi connectivity index (χ1n) is 9.19. The molecule has 0 amide bonds. The van der Waals surface area contributed by atoms with Gasteiger partial charge in [0.2, 0.25) is 0 Å². The second-order valence-corrected chi connectivity index (χ2v) is 8.84. The lowest BCUT2D eigenvalue weighted by molar-refractivity contribution is 0.485. The lowest BCUT2D eigenvalue weighted by Crippen LogP contribution is -2.14. The molecule has 0 aliphatic rings. The molecule has 5 aromatic rings. The molecule has 0 fully saturated rings. The van der Waals surface area contributed by atoms with Gasteiger partial charge in [-0.05, 0) is 43.7 Å². The Morgan fingerprint density at radius 3 is 2.30 bits per heavy atom. The minimum absolute atomic E-state index is 0.0651. The van der Waals surface area contributed by atoms with Crippen molar-refractivity contribution in [1.29, 1.82) is 0 Å². The normalized spacial score (nSPS) is 12.4. The molecule has 150 valence electrons. The number of aromatic nitrogens is 2. The van der Waals surface area contributed by atoms with E-state index in [0.29, 0.717) is 21.8 Å². The molecule has 30 heavy (non-hydrogen) atoms. The van der Waals surface area contributed by atoms with Crippen LogP contribution in [0.1, 0.15) is 11.1 Å². The lowest BCUT2D eigenvalue weighted by atomic mass is 10.0. The molecule has 7 nitrogen and oxygen atoms in total. The number of hydrogen-bond donors (Lipinski definition) is 3. The molecule has 0 aliphatic heterocycles. The summed E-state index contributed by atoms with van der Waals surface area (Å²) in [5.74, 6) is 0. The summed E-state index contributed by atoms with van der Waals surface area (Å²) in [5, 5.41) is 0.565. The van der Waals surface area contributed by atoms with Gasteiger partial charge in [0, 0.05) is 21.7 Å². The number of benzene rings is 3. The Balaban J connectivity index is 2.18. The number of hydrogen-bond acceptors (Lipinski definition) is 4. The predicted octanol–water partition coefficient (Wildman–Crippen LogP) is 3.54. The summed E-state index contributed by atoms with van der Waals surface area (Å²) >= 11 is 0. The van der Waals surface area contributed by atoms with Crippen molar-refractivity contribution in [2.24, 2.45) is 0 Å². The molecule has 8 heteroatoms. The number of H-pyrrole nitrogens is 2. The Labute approximate surface area is 169 Å². The average Bonchev–Trinajstić information content (AvgIpc) is 2.68. The molecule has 0 spiro atoms. The van der Waals surface area contributed by atoms with E-state index < -0.39 is 20.4 Å². The van der Waals surface area contributed by atoms with E-state index in [1.54, 1.807) is 37.3 Å².